The van der Waals surface area contributed by atoms with Crippen LogP contribution in [0.2, 0.25) is 0 Å². The Balaban J connectivity index is 2.38. The van der Waals surface area contributed by atoms with Crippen LogP contribution in [0.5, 0.6) is 5.75 Å². The number of benzene rings is 1. The maximum Gasteiger partial charge on any atom is 0.231 e. The van der Waals surface area contributed by atoms with Crippen LogP contribution < -0.4 is 15.8 Å². The van der Waals surface area contributed by atoms with E-state index >= 15 is 0 Å². The van der Waals surface area contributed by atoms with Gasteiger partial charge in [0.05, 0.1) is 6.54 Å². The number of rotatable bonds is 7. The van der Waals surface area contributed by atoms with Crippen LogP contribution in [0, 0.1) is 11.8 Å². The summed E-state index contributed by atoms with van der Waals surface area (Å²) in [7, 11) is 0. The van der Waals surface area contributed by atoms with Crippen LogP contribution in [0.4, 0.5) is 0 Å². The van der Waals surface area contributed by atoms with Gasteiger partial charge in [0, 0.05) is 0 Å². The normalized spacial score (nSPS) is 13.1. The van der Waals surface area contributed by atoms with Crippen molar-refractivity contribution in [2.24, 2.45) is 22.7 Å². The van der Waals surface area contributed by atoms with E-state index in [1.165, 1.54) is 0 Å². The molecule has 1 aromatic rings. The lowest BCUT2D eigenvalue weighted by Gasteiger charge is -2.18. The molecule has 0 heterocycles. The zero-order valence-corrected chi connectivity index (χ0v) is 11.7. The number of para-hydroxylation sites is 1. The van der Waals surface area contributed by atoms with Crippen LogP contribution in [0.15, 0.2) is 35.5 Å². The minimum Gasteiger partial charge on any atom is -0.492 e. The molecule has 1 atom stereocenters. The molecule has 20 heavy (non-hydrogen) atoms. The topological polar surface area (TPSA) is 96.9 Å². The lowest BCUT2D eigenvalue weighted by molar-refractivity contribution is -0.124. The zero-order chi connectivity index (χ0) is 15.0. The van der Waals surface area contributed by atoms with Gasteiger partial charge in [0.1, 0.15) is 18.3 Å². The van der Waals surface area contributed by atoms with Gasteiger partial charge in [-0.2, -0.15) is 0 Å². The van der Waals surface area contributed by atoms with Gasteiger partial charge in [-0.3, -0.25) is 4.79 Å². The van der Waals surface area contributed by atoms with E-state index in [9.17, 15) is 4.79 Å². The molecule has 0 saturated heterocycles. The van der Waals surface area contributed by atoms with Gasteiger partial charge in [-0.25, -0.2) is 0 Å². The SMILES string of the molecule is CC(C)C(C(=O)NCCOc1ccccc1)C(N)=NO. The molecular weight excluding hydrogens is 258 g/mol. The lowest BCUT2D eigenvalue weighted by Crippen LogP contribution is -2.43. The Morgan fingerprint density at radius 3 is 2.60 bits per heavy atom. The van der Waals surface area contributed by atoms with Gasteiger partial charge < -0.3 is 21.0 Å². The van der Waals surface area contributed by atoms with Crippen molar-refractivity contribution < 1.29 is 14.7 Å². The fraction of sp³-hybridized carbons (Fsp3) is 0.429. The summed E-state index contributed by atoms with van der Waals surface area (Å²) in [6, 6.07) is 9.34. The number of carbonyl (C=O) groups is 1. The second-order valence-corrected chi connectivity index (χ2v) is 4.70. The minimum atomic E-state index is -0.642. The minimum absolute atomic E-state index is 0.0547. The molecule has 0 fully saturated rings. The van der Waals surface area contributed by atoms with Crippen molar-refractivity contribution in [3.8, 4) is 5.75 Å². The summed E-state index contributed by atoms with van der Waals surface area (Å²) in [6.45, 7) is 4.39. The molecule has 0 radical (unpaired) electrons. The highest BCUT2D eigenvalue weighted by molar-refractivity contribution is 6.02. The lowest BCUT2D eigenvalue weighted by atomic mass is 9.94. The van der Waals surface area contributed by atoms with Crippen LogP contribution in [-0.2, 0) is 4.79 Å². The Bertz CT molecular complexity index is 446. The number of amidine groups is 1. The van der Waals surface area contributed by atoms with E-state index in [1.807, 2.05) is 44.2 Å². The Morgan fingerprint density at radius 2 is 2.05 bits per heavy atom. The molecule has 0 bridgehead atoms. The molecule has 6 nitrogen and oxygen atoms in total. The van der Waals surface area contributed by atoms with E-state index in [-0.39, 0.29) is 17.7 Å². The van der Waals surface area contributed by atoms with Crippen LogP contribution in [0.1, 0.15) is 13.8 Å². The predicted molar refractivity (Wildman–Crippen MR) is 76.7 cm³/mol. The average Bonchev–Trinajstić information content (AvgIpc) is 2.44. The van der Waals surface area contributed by atoms with Gasteiger partial charge in [0.15, 0.2) is 5.84 Å². The van der Waals surface area contributed by atoms with Gasteiger partial charge >= 0.3 is 0 Å². The molecule has 1 amide bonds. The number of nitrogens with two attached hydrogens (primary N) is 1. The van der Waals surface area contributed by atoms with E-state index in [0.717, 1.165) is 5.75 Å². The van der Waals surface area contributed by atoms with Crippen molar-refractivity contribution >= 4 is 11.7 Å². The first-order chi connectivity index (χ1) is 9.56. The fourth-order valence-electron chi connectivity index (χ4n) is 1.81. The van der Waals surface area contributed by atoms with E-state index in [4.69, 9.17) is 15.7 Å². The molecule has 0 aromatic heterocycles. The van der Waals surface area contributed by atoms with Crippen molar-refractivity contribution in [1.82, 2.24) is 5.32 Å². The van der Waals surface area contributed by atoms with Crippen molar-refractivity contribution in [3.05, 3.63) is 30.3 Å². The number of hydrogen-bond donors (Lipinski definition) is 3. The largest absolute Gasteiger partial charge is 0.492 e. The number of amides is 1. The highest BCUT2D eigenvalue weighted by Gasteiger charge is 2.26. The summed E-state index contributed by atoms with van der Waals surface area (Å²) in [5, 5.41) is 14.3. The van der Waals surface area contributed by atoms with E-state index in [1.54, 1.807) is 0 Å². The van der Waals surface area contributed by atoms with Gasteiger partial charge in [-0.15, -0.1) is 0 Å². The Kier molecular flexibility index (Phi) is 6.36. The molecule has 6 heteroatoms. The van der Waals surface area contributed by atoms with Crippen LogP contribution in [0.3, 0.4) is 0 Å². The first-order valence-corrected chi connectivity index (χ1v) is 6.49. The third-order valence-electron chi connectivity index (χ3n) is 2.80. The van der Waals surface area contributed by atoms with Crippen molar-refractivity contribution in [1.29, 1.82) is 0 Å². The maximum absolute atomic E-state index is 12.0. The zero-order valence-electron chi connectivity index (χ0n) is 11.7. The molecule has 110 valence electrons. The number of ether oxygens (including phenoxy) is 1. The second kappa shape index (κ2) is 8.04. The molecule has 0 spiro atoms. The van der Waals surface area contributed by atoms with E-state index < -0.39 is 5.92 Å². The van der Waals surface area contributed by atoms with Gasteiger partial charge in [0.25, 0.3) is 0 Å². The standard InChI is InChI=1S/C14H21N3O3/c1-10(2)12(13(15)17-19)14(18)16-8-9-20-11-6-4-3-5-7-11/h3-7,10,12,19H,8-9H2,1-2H3,(H2,15,17)(H,16,18). The number of oxime groups is 1. The molecular formula is C14H21N3O3. The first-order valence-electron chi connectivity index (χ1n) is 6.49. The molecule has 0 saturated carbocycles. The average molecular weight is 279 g/mol. The van der Waals surface area contributed by atoms with Crippen LogP contribution in [0.25, 0.3) is 0 Å². The van der Waals surface area contributed by atoms with Gasteiger partial charge in [0.2, 0.25) is 5.91 Å². The molecule has 1 unspecified atom stereocenters. The van der Waals surface area contributed by atoms with Crippen molar-refractivity contribution in [3.63, 3.8) is 0 Å². The van der Waals surface area contributed by atoms with E-state index in [2.05, 4.69) is 10.5 Å². The summed E-state index contributed by atoms with van der Waals surface area (Å²) in [5.41, 5.74) is 5.52. The summed E-state index contributed by atoms with van der Waals surface area (Å²) in [6.07, 6.45) is 0. The Labute approximate surface area is 118 Å². The summed E-state index contributed by atoms with van der Waals surface area (Å²) >= 11 is 0. The number of nitrogens with one attached hydrogen (secondary N) is 1. The van der Waals surface area contributed by atoms with Crippen molar-refractivity contribution in [2.45, 2.75) is 13.8 Å². The predicted octanol–water partition coefficient (Wildman–Crippen LogP) is 1.20. The monoisotopic (exact) mass is 279 g/mol. The van der Waals surface area contributed by atoms with Crippen molar-refractivity contribution in [2.75, 3.05) is 13.2 Å². The third-order valence-corrected chi connectivity index (χ3v) is 2.80. The molecule has 1 rings (SSSR count). The van der Waals surface area contributed by atoms with Gasteiger partial charge in [-0.1, -0.05) is 37.2 Å². The molecule has 4 N–H and O–H groups in total. The summed E-state index contributed by atoms with van der Waals surface area (Å²) in [4.78, 5) is 12.0. The highest BCUT2D eigenvalue weighted by Crippen LogP contribution is 2.11. The van der Waals surface area contributed by atoms with Crippen LogP contribution in [-0.4, -0.2) is 30.1 Å². The number of hydrogen-bond acceptors (Lipinski definition) is 4. The maximum atomic E-state index is 12.0. The van der Waals surface area contributed by atoms with Crippen LogP contribution >= 0.6 is 0 Å². The number of nitrogens with zero attached hydrogens (tertiary/aromatic N) is 1. The molecule has 0 aliphatic heterocycles. The first kappa shape index (κ1) is 15.8. The summed E-state index contributed by atoms with van der Waals surface area (Å²) in [5.74, 6) is -0.301. The molecule has 0 aliphatic rings. The Hall–Kier alpha value is -2.24. The summed E-state index contributed by atoms with van der Waals surface area (Å²) < 4.78 is 5.46. The smallest absolute Gasteiger partial charge is 0.231 e. The van der Waals surface area contributed by atoms with E-state index in [0.29, 0.717) is 13.2 Å². The number of carbonyl (C=O) groups excluding carboxylic acids is 1. The molecule has 1 aromatic carbocycles. The Morgan fingerprint density at radius 1 is 1.40 bits per heavy atom. The third kappa shape index (κ3) is 4.79. The fourth-order valence-corrected chi connectivity index (χ4v) is 1.81. The second-order valence-electron chi connectivity index (χ2n) is 4.70. The highest BCUT2D eigenvalue weighted by atomic mass is 16.5. The quantitative estimate of drug-likeness (QED) is 0.230. The molecule has 0 aliphatic carbocycles. The van der Waals surface area contributed by atoms with Gasteiger partial charge in [-0.05, 0) is 18.1 Å².